The van der Waals surface area contributed by atoms with Crippen LogP contribution in [0, 0.1) is 0 Å². The SMILES string of the molecule is CC(C(=O)N(CC(N)=O)C1CCNCC1)n1cncn1. The minimum absolute atomic E-state index is 0.0437. The number of amides is 2. The summed E-state index contributed by atoms with van der Waals surface area (Å²) in [5, 5.41) is 7.21. The molecule has 0 aromatic carbocycles. The average Bonchev–Trinajstić information content (AvgIpc) is 2.98. The molecule has 1 aliphatic heterocycles. The summed E-state index contributed by atoms with van der Waals surface area (Å²) in [6, 6.07) is -0.450. The Hall–Kier alpha value is -1.96. The standard InChI is InChI=1S/C12H20N6O2/c1-9(18-8-15-7-16-18)12(20)17(6-11(13)19)10-2-4-14-5-3-10/h7-10,14H,2-6H2,1H3,(H2,13,19). The van der Waals surface area contributed by atoms with Gasteiger partial charge in [0.1, 0.15) is 18.7 Å². The van der Waals surface area contributed by atoms with Gasteiger partial charge in [-0.2, -0.15) is 5.10 Å². The van der Waals surface area contributed by atoms with E-state index in [1.165, 1.54) is 17.3 Å². The molecule has 3 N–H and O–H groups in total. The van der Waals surface area contributed by atoms with Gasteiger partial charge in [0.15, 0.2) is 0 Å². The van der Waals surface area contributed by atoms with Gasteiger partial charge < -0.3 is 16.0 Å². The van der Waals surface area contributed by atoms with Crippen molar-refractivity contribution < 1.29 is 9.59 Å². The van der Waals surface area contributed by atoms with Crippen LogP contribution in [0.4, 0.5) is 0 Å². The van der Waals surface area contributed by atoms with E-state index >= 15 is 0 Å². The van der Waals surface area contributed by atoms with Crippen LogP contribution >= 0.6 is 0 Å². The van der Waals surface area contributed by atoms with E-state index in [1.54, 1.807) is 11.8 Å². The number of primary amides is 1. The van der Waals surface area contributed by atoms with E-state index in [9.17, 15) is 9.59 Å². The fourth-order valence-corrected chi connectivity index (χ4v) is 2.44. The van der Waals surface area contributed by atoms with Gasteiger partial charge >= 0.3 is 0 Å². The second-order valence-electron chi connectivity index (χ2n) is 4.97. The first-order chi connectivity index (χ1) is 9.59. The van der Waals surface area contributed by atoms with Crippen LogP contribution in [0.5, 0.6) is 0 Å². The van der Waals surface area contributed by atoms with Crippen LogP contribution in [0.25, 0.3) is 0 Å². The molecule has 110 valence electrons. The first-order valence-corrected chi connectivity index (χ1v) is 6.73. The highest BCUT2D eigenvalue weighted by atomic mass is 16.2. The van der Waals surface area contributed by atoms with Crippen molar-refractivity contribution in [2.24, 2.45) is 5.73 Å². The first-order valence-electron chi connectivity index (χ1n) is 6.73. The molecule has 1 aromatic rings. The van der Waals surface area contributed by atoms with Gasteiger partial charge in [-0.3, -0.25) is 9.59 Å². The summed E-state index contributed by atoms with van der Waals surface area (Å²) in [6.07, 6.45) is 4.52. The molecule has 2 amide bonds. The molecule has 0 saturated carbocycles. The lowest BCUT2D eigenvalue weighted by molar-refractivity contribution is -0.141. The van der Waals surface area contributed by atoms with Crippen LogP contribution in [-0.2, 0) is 9.59 Å². The van der Waals surface area contributed by atoms with Gasteiger partial charge in [0.05, 0.1) is 6.54 Å². The molecule has 1 aliphatic rings. The van der Waals surface area contributed by atoms with Crippen LogP contribution in [0.1, 0.15) is 25.8 Å². The number of nitrogens with zero attached hydrogens (tertiary/aromatic N) is 4. The molecule has 1 atom stereocenters. The van der Waals surface area contributed by atoms with Gasteiger partial charge in [0.25, 0.3) is 0 Å². The molecular formula is C12H20N6O2. The Morgan fingerprint density at radius 3 is 2.75 bits per heavy atom. The first kappa shape index (κ1) is 14.4. The fraction of sp³-hybridized carbons (Fsp3) is 0.667. The van der Waals surface area contributed by atoms with Gasteiger partial charge in [0.2, 0.25) is 11.8 Å². The third kappa shape index (κ3) is 3.32. The summed E-state index contributed by atoms with van der Waals surface area (Å²) in [5.74, 6) is -0.649. The molecule has 0 aliphatic carbocycles. The van der Waals surface area contributed by atoms with Crippen molar-refractivity contribution in [3.8, 4) is 0 Å². The molecule has 1 fully saturated rings. The third-order valence-electron chi connectivity index (χ3n) is 3.55. The predicted octanol–water partition coefficient (Wildman–Crippen LogP) is -1.09. The van der Waals surface area contributed by atoms with Crippen LogP contribution in [0.3, 0.4) is 0 Å². The highest BCUT2D eigenvalue weighted by Crippen LogP contribution is 2.16. The molecule has 8 heteroatoms. The lowest BCUT2D eigenvalue weighted by Gasteiger charge is -2.35. The molecule has 0 spiro atoms. The smallest absolute Gasteiger partial charge is 0.247 e. The average molecular weight is 280 g/mol. The van der Waals surface area contributed by atoms with Crippen LogP contribution < -0.4 is 11.1 Å². The number of rotatable bonds is 5. The number of hydrogen-bond acceptors (Lipinski definition) is 5. The molecule has 2 rings (SSSR count). The van der Waals surface area contributed by atoms with Crippen molar-refractivity contribution in [2.75, 3.05) is 19.6 Å². The minimum Gasteiger partial charge on any atom is -0.368 e. The van der Waals surface area contributed by atoms with Gasteiger partial charge in [-0.25, -0.2) is 9.67 Å². The van der Waals surface area contributed by atoms with Crippen molar-refractivity contribution in [2.45, 2.75) is 31.8 Å². The van der Waals surface area contributed by atoms with Crippen molar-refractivity contribution in [3.05, 3.63) is 12.7 Å². The highest BCUT2D eigenvalue weighted by Gasteiger charge is 2.30. The van der Waals surface area contributed by atoms with Crippen molar-refractivity contribution in [1.29, 1.82) is 0 Å². The topological polar surface area (TPSA) is 106 Å². The lowest BCUT2D eigenvalue weighted by Crippen LogP contribution is -2.51. The molecule has 8 nitrogen and oxygen atoms in total. The third-order valence-corrected chi connectivity index (χ3v) is 3.55. The molecule has 0 bridgehead atoms. The molecule has 1 saturated heterocycles. The Morgan fingerprint density at radius 2 is 2.20 bits per heavy atom. The summed E-state index contributed by atoms with van der Waals surface area (Å²) in [4.78, 5) is 29.2. The number of nitrogens with two attached hydrogens (primary N) is 1. The van der Waals surface area contributed by atoms with Crippen LogP contribution in [0.15, 0.2) is 12.7 Å². The number of carbonyl (C=O) groups excluding carboxylic acids is 2. The lowest BCUT2D eigenvalue weighted by atomic mass is 10.0. The van der Waals surface area contributed by atoms with E-state index in [0.717, 1.165) is 25.9 Å². The number of carbonyl (C=O) groups is 2. The van der Waals surface area contributed by atoms with Gasteiger partial charge in [-0.1, -0.05) is 0 Å². The van der Waals surface area contributed by atoms with E-state index in [0.29, 0.717) is 0 Å². The molecule has 2 heterocycles. The Balaban J connectivity index is 2.12. The maximum atomic E-state index is 12.6. The van der Waals surface area contributed by atoms with Crippen molar-refractivity contribution >= 4 is 11.8 Å². The summed E-state index contributed by atoms with van der Waals surface area (Å²) in [6.45, 7) is 3.37. The highest BCUT2D eigenvalue weighted by molar-refractivity contribution is 5.86. The summed E-state index contributed by atoms with van der Waals surface area (Å²) >= 11 is 0. The van der Waals surface area contributed by atoms with Gasteiger partial charge in [-0.15, -0.1) is 0 Å². The Morgan fingerprint density at radius 1 is 1.50 bits per heavy atom. The predicted molar refractivity (Wildman–Crippen MR) is 71.5 cm³/mol. The van der Waals surface area contributed by atoms with E-state index in [1.807, 2.05) is 0 Å². The Kier molecular flexibility index (Phi) is 4.67. The zero-order chi connectivity index (χ0) is 14.5. The van der Waals surface area contributed by atoms with Gasteiger partial charge in [0, 0.05) is 6.04 Å². The molecule has 0 radical (unpaired) electrons. The van der Waals surface area contributed by atoms with E-state index in [2.05, 4.69) is 15.4 Å². The molecule has 1 aromatic heterocycles. The fourth-order valence-electron chi connectivity index (χ4n) is 2.44. The largest absolute Gasteiger partial charge is 0.368 e. The second kappa shape index (κ2) is 6.47. The van der Waals surface area contributed by atoms with E-state index in [-0.39, 0.29) is 18.5 Å². The van der Waals surface area contributed by atoms with Crippen LogP contribution in [0.2, 0.25) is 0 Å². The normalized spacial score (nSPS) is 17.6. The van der Waals surface area contributed by atoms with Crippen molar-refractivity contribution in [3.63, 3.8) is 0 Å². The minimum atomic E-state index is -0.498. The quantitative estimate of drug-likeness (QED) is 0.712. The van der Waals surface area contributed by atoms with Crippen LogP contribution in [-0.4, -0.2) is 57.2 Å². The van der Waals surface area contributed by atoms with Gasteiger partial charge in [-0.05, 0) is 32.9 Å². The number of aromatic nitrogens is 3. The second-order valence-corrected chi connectivity index (χ2v) is 4.97. The van der Waals surface area contributed by atoms with E-state index in [4.69, 9.17) is 5.73 Å². The number of nitrogens with one attached hydrogen (secondary N) is 1. The number of hydrogen-bond donors (Lipinski definition) is 2. The maximum Gasteiger partial charge on any atom is 0.247 e. The Labute approximate surface area is 117 Å². The molecular weight excluding hydrogens is 260 g/mol. The number of piperidine rings is 1. The summed E-state index contributed by atoms with van der Waals surface area (Å²) in [5.41, 5.74) is 5.27. The van der Waals surface area contributed by atoms with Crippen molar-refractivity contribution in [1.82, 2.24) is 25.0 Å². The summed E-state index contributed by atoms with van der Waals surface area (Å²) < 4.78 is 1.48. The summed E-state index contributed by atoms with van der Waals surface area (Å²) in [7, 11) is 0. The Bertz CT molecular complexity index is 455. The van der Waals surface area contributed by atoms with E-state index < -0.39 is 11.9 Å². The monoisotopic (exact) mass is 280 g/mol. The molecule has 1 unspecified atom stereocenters. The zero-order valence-electron chi connectivity index (χ0n) is 11.5. The maximum absolute atomic E-state index is 12.6. The molecule has 20 heavy (non-hydrogen) atoms. The zero-order valence-corrected chi connectivity index (χ0v) is 11.5.